The highest BCUT2D eigenvalue weighted by molar-refractivity contribution is 6.09. The Morgan fingerprint density at radius 1 is 1.21 bits per heavy atom. The van der Waals surface area contributed by atoms with Crippen molar-refractivity contribution in [2.45, 2.75) is 13.3 Å². The van der Waals surface area contributed by atoms with E-state index in [2.05, 4.69) is 0 Å². The summed E-state index contributed by atoms with van der Waals surface area (Å²) in [6, 6.07) is 5.54. The molecule has 1 aromatic rings. The lowest BCUT2D eigenvalue weighted by atomic mass is 9.92. The first-order valence-electron chi connectivity index (χ1n) is 6.30. The zero-order chi connectivity index (χ0) is 13.4. The number of ketones is 2. The molecule has 1 atom stereocenters. The second-order valence-electron chi connectivity index (χ2n) is 4.79. The van der Waals surface area contributed by atoms with E-state index >= 15 is 0 Å². The van der Waals surface area contributed by atoms with Crippen LogP contribution in [0.5, 0.6) is 11.5 Å². The van der Waals surface area contributed by atoms with Gasteiger partial charge in [0.25, 0.3) is 0 Å². The molecule has 1 aromatic carbocycles. The third-order valence-electron chi connectivity index (χ3n) is 3.46. The van der Waals surface area contributed by atoms with Crippen molar-refractivity contribution in [1.82, 2.24) is 0 Å². The summed E-state index contributed by atoms with van der Waals surface area (Å²) in [7, 11) is 0. The Morgan fingerprint density at radius 2 is 1.95 bits per heavy atom. The number of carbonyl (C=O) groups is 2. The van der Waals surface area contributed by atoms with Gasteiger partial charge in [-0.3, -0.25) is 9.59 Å². The third kappa shape index (κ3) is 2.14. The van der Waals surface area contributed by atoms with Crippen LogP contribution in [0.2, 0.25) is 0 Å². The molecule has 4 nitrogen and oxygen atoms in total. The van der Waals surface area contributed by atoms with E-state index in [0.717, 1.165) is 11.1 Å². The minimum absolute atomic E-state index is 0.00471. The summed E-state index contributed by atoms with van der Waals surface area (Å²) in [4.78, 5) is 23.2. The van der Waals surface area contributed by atoms with Crippen molar-refractivity contribution in [3.05, 3.63) is 29.8 Å². The number of carbonyl (C=O) groups excluding carboxylic acids is 2. The summed E-state index contributed by atoms with van der Waals surface area (Å²) in [6.07, 6.45) is 1.84. The van der Waals surface area contributed by atoms with E-state index in [1.165, 1.54) is 6.92 Å². The number of Topliss-reactive ketones (excluding diaryl/α,β-unsaturated/α-hetero) is 1. The van der Waals surface area contributed by atoms with Gasteiger partial charge in [-0.1, -0.05) is 6.07 Å². The Balaban J connectivity index is 1.99. The van der Waals surface area contributed by atoms with Gasteiger partial charge in [0.15, 0.2) is 17.3 Å². The first kappa shape index (κ1) is 12.0. The summed E-state index contributed by atoms with van der Waals surface area (Å²) in [5.41, 5.74) is 1.64. The lowest BCUT2D eigenvalue weighted by Crippen LogP contribution is -2.16. The molecule has 1 aliphatic heterocycles. The number of hydrogen-bond donors (Lipinski definition) is 0. The summed E-state index contributed by atoms with van der Waals surface area (Å²) in [5, 5.41) is 0. The topological polar surface area (TPSA) is 52.6 Å². The van der Waals surface area contributed by atoms with Crippen LogP contribution in [-0.2, 0) is 9.59 Å². The maximum absolute atomic E-state index is 11.6. The SMILES string of the molecule is CC(=O)C1CC(=O)C=C1c1ccc2c(c1)OCCO2. The number of rotatable bonds is 2. The average Bonchev–Trinajstić information content (AvgIpc) is 2.80. The predicted octanol–water partition coefficient (Wildman–Crippen LogP) is 2.02. The van der Waals surface area contributed by atoms with E-state index in [1.807, 2.05) is 18.2 Å². The van der Waals surface area contributed by atoms with Gasteiger partial charge in [-0.2, -0.15) is 0 Å². The number of allylic oxidation sites excluding steroid dienone is 2. The Labute approximate surface area is 111 Å². The fourth-order valence-corrected chi connectivity index (χ4v) is 2.51. The molecule has 0 radical (unpaired) electrons. The monoisotopic (exact) mass is 258 g/mol. The van der Waals surface area contributed by atoms with Crippen LogP contribution in [0, 0.1) is 5.92 Å². The molecule has 19 heavy (non-hydrogen) atoms. The van der Waals surface area contributed by atoms with Crippen molar-refractivity contribution < 1.29 is 19.1 Å². The third-order valence-corrected chi connectivity index (χ3v) is 3.46. The van der Waals surface area contributed by atoms with Gasteiger partial charge in [0.1, 0.15) is 19.0 Å². The lowest BCUT2D eigenvalue weighted by Gasteiger charge is -2.20. The van der Waals surface area contributed by atoms with Crippen LogP contribution in [0.25, 0.3) is 5.57 Å². The number of hydrogen-bond acceptors (Lipinski definition) is 4. The Morgan fingerprint density at radius 3 is 2.68 bits per heavy atom. The largest absolute Gasteiger partial charge is 0.486 e. The molecule has 0 bridgehead atoms. The quantitative estimate of drug-likeness (QED) is 0.814. The molecule has 2 aliphatic rings. The molecule has 0 amide bonds. The van der Waals surface area contributed by atoms with Gasteiger partial charge in [0, 0.05) is 6.42 Å². The average molecular weight is 258 g/mol. The minimum Gasteiger partial charge on any atom is -0.486 e. The molecule has 0 aromatic heterocycles. The van der Waals surface area contributed by atoms with Crippen molar-refractivity contribution in [3.63, 3.8) is 0 Å². The molecule has 0 spiro atoms. The van der Waals surface area contributed by atoms with E-state index in [-0.39, 0.29) is 23.9 Å². The Kier molecular flexibility index (Phi) is 2.85. The summed E-state index contributed by atoms with van der Waals surface area (Å²) >= 11 is 0. The van der Waals surface area contributed by atoms with Crippen LogP contribution < -0.4 is 9.47 Å². The molecule has 3 rings (SSSR count). The maximum atomic E-state index is 11.6. The number of fused-ring (bicyclic) bond motifs is 1. The van der Waals surface area contributed by atoms with Crippen molar-refractivity contribution in [2.24, 2.45) is 5.92 Å². The molecular weight excluding hydrogens is 244 g/mol. The molecule has 0 saturated heterocycles. The fraction of sp³-hybridized carbons (Fsp3) is 0.333. The predicted molar refractivity (Wildman–Crippen MR) is 69.2 cm³/mol. The number of ether oxygens (including phenoxy) is 2. The molecule has 1 aliphatic carbocycles. The standard InChI is InChI=1S/C15H14O4/c1-9(16)12-7-11(17)8-13(12)10-2-3-14-15(6-10)19-5-4-18-14/h2-3,6,8,12H,4-5,7H2,1H3. The van der Waals surface area contributed by atoms with Crippen LogP contribution in [0.4, 0.5) is 0 Å². The smallest absolute Gasteiger partial charge is 0.161 e. The van der Waals surface area contributed by atoms with Crippen molar-refractivity contribution in [1.29, 1.82) is 0 Å². The van der Waals surface area contributed by atoms with Crippen LogP contribution in [-0.4, -0.2) is 24.8 Å². The zero-order valence-corrected chi connectivity index (χ0v) is 10.6. The molecule has 0 fully saturated rings. The number of benzene rings is 1. The first-order chi connectivity index (χ1) is 9.15. The molecular formula is C15H14O4. The van der Waals surface area contributed by atoms with Gasteiger partial charge in [0.2, 0.25) is 0 Å². The molecule has 1 unspecified atom stereocenters. The summed E-state index contributed by atoms with van der Waals surface area (Å²) in [6.45, 7) is 2.59. The summed E-state index contributed by atoms with van der Waals surface area (Å²) < 4.78 is 11.0. The van der Waals surface area contributed by atoms with Crippen molar-refractivity contribution in [2.75, 3.05) is 13.2 Å². The Hall–Kier alpha value is -2.10. The maximum Gasteiger partial charge on any atom is 0.161 e. The van der Waals surface area contributed by atoms with E-state index in [9.17, 15) is 9.59 Å². The molecule has 98 valence electrons. The van der Waals surface area contributed by atoms with Crippen molar-refractivity contribution >= 4 is 17.1 Å². The van der Waals surface area contributed by atoms with E-state index in [1.54, 1.807) is 6.08 Å². The molecule has 1 heterocycles. The second kappa shape index (κ2) is 4.53. The highest BCUT2D eigenvalue weighted by atomic mass is 16.6. The van der Waals surface area contributed by atoms with Crippen LogP contribution in [0.1, 0.15) is 18.9 Å². The highest BCUT2D eigenvalue weighted by Gasteiger charge is 2.29. The van der Waals surface area contributed by atoms with Gasteiger partial charge < -0.3 is 9.47 Å². The summed E-state index contributed by atoms with van der Waals surface area (Å²) in [5.74, 6) is 1.08. The van der Waals surface area contributed by atoms with Crippen molar-refractivity contribution in [3.8, 4) is 11.5 Å². The molecule has 4 heteroatoms. The second-order valence-corrected chi connectivity index (χ2v) is 4.79. The van der Waals surface area contributed by atoms with Crippen LogP contribution in [0.3, 0.4) is 0 Å². The van der Waals surface area contributed by atoms with Gasteiger partial charge in [-0.25, -0.2) is 0 Å². The van der Waals surface area contributed by atoms with Crippen LogP contribution in [0.15, 0.2) is 24.3 Å². The highest BCUT2D eigenvalue weighted by Crippen LogP contribution is 2.38. The minimum atomic E-state index is -0.324. The van der Waals surface area contributed by atoms with E-state index in [0.29, 0.717) is 24.7 Å². The Bertz CT molecular complexity index is 586. The molecule has 0 N–H and O–H groups in total. The van der Waals surface area contributed by atoms with Gasteiger partial charge in [-0.05, 0) is 36.3 Å². The first-order valence-corrected chi connectivity index (χ1v) is 6.30. The normalized spacial score (nSPS) is 21.2. The van der Waals surface area contributed by atoms with E-state index in [4.69, 9.17) is 9.47 Å². The zero-order valence-electron chi connectivity index (χ0n) is 10.6. The lowest BCUT2D eigenvalue weighted by molar-refractivity contribution is -0.122. The van der Waals surface area contributed by atoms with Crippen LogP contribution >= 0.6 is 0 Å². The van der Waals surface area contributed by atoms with E-state index < -0.39 is 0 Å². The van der Waals surface area contributed by atoms with Gasteiger partial charge in [-0.15, -0.1) is 0 Å². The molecule has 0 saturated carbocycles. The fourth-order valence-electron chi connectivity index (χ4n) is 2.51. The van der Waals surface area contributed by atoms with Gasteiger partial charge >= 0.3 is 0 Å². The van der Waals surface area contributed by atoms with Gasteiger partial charge in [0.05, 0.1) is 5.92 Å².